The van der Waals surface area contributed by atoms with E-state index in [1.165, 1.54) is 21.1 Å². The van der Waals surface area contributed by atoms with Gasteiger partial charge in [0.1, 0.15) is 0 Å². The van der Waals surface area contributed by atoms with Crippen LogP contribution in [0.5, 0.6) is 0 Å². The highest BCUT2D eigenvalue weighted by Gasteiger charge is 2.17. The van der Waals surface area contributed by atoms with Gasteiger partial charge >= 0.3 is 0 Å². The number of methoxy groups -OCH3 is 1. The molecule has 3 nitrogen and oxygen atoms in total. The summed E-state index contributed by atoms with van der Waals surface area (Å²) in [5, 5.41) is 4.71. The van der Waals surface area contributed by atoms with Gasteiger partial charge in [-0.2, -0.15) is 0 Å². The maximum Gasteiger partial charge on any atom is 0.0981 e. The van der Waals surface area contributed by atoms with Crippen molar-refractivity contribution in [2.75, 3.05) is 19.0 Å². The van der Waals surface area contributed by atoms with E-state index in [4.69, 9.17) is 4.74 Å². The van der Waals surface area contributed by atoms with Gasteiger partial charge in [-0.25, -0.2) is 4.98 Å². The Morgan fingerprint density at radius 2 is 2.00 bits per heavy atom. The third-order valence-electron chi connectivity index (χ3n) is 3.24. The Labute approximate surface area is 131 Å². The van der Waals surface area contributed by atoms with Gasteiger partial charge in [-0.05, 0) is 18.1 Å². The fourth-order valence-corrected chi connectivity index (χ4v) is 2.95. The van der Waals surface area contributed by atoms with Gasteiger partial charge in [0.25, 0.3) is 0 Å². The van der Waals surface area contributed by atoms with Gasteiger partial charge in [-0.1, -0.05) is 39.0 Å². The predicted octanol–water partition coefficient (Wildman–Crippen LogP) is 4.24. The SMILES string of the molecule is COCCc1ccccc1NCc1cnc(C(C)(C)C)s1. The number of ether oxygens (including phenoxy) is 1. The summed E-state index contributed by atoms with van der Waals surface area (Å²) in [7, 11) is 1.74. The topological polar surface area (TPSA) is 34.1 Å². The van der Waals surface area contributed by atoms with E-state index in [-0.39, 0.29) is 5.41 Å². The summed E-state index contributed by atoms with van der Waals surface area (Å²) in [5.74, 6) is 0. The van der Waals surface area contributed by atoms with Crippen LogP contribution in [0.1, 0.15) is 36.2 Å². The highest BCUT2D eigenvalue weighted by Crippen LogP contribution is 2.27. The average Bonchev–Trinajstić information content (AvgIpc) is 2.92. The van der Waals surface area contributed by atoms with Crippen LogP contribution in [0, 0.1) is 0 Å². The van der Waals surface area contributed by atoms with Gasteiger partial charge in [0.05, 0.1) is 18.2 Å². The molecule has 0 bridgehead atoms. The summed E-state index contributed by atoms with van der Waals surface area (Å²) < 4.78 is 5.17. The van der Waals surface area contributed by atoms with E-state index < -0.39 is 0 Å². The number of rotatable bonds is 6. The van der Waals surface area contributed by atoms with Crippen LogP contribution in [-0.4, -0.2) is 18.7 Å². The van der Waals surface area contributed by atoms with E-state index >= 15 is 0 Å². The van der Waals surface area contributed by atoms with E-state index in [9.17, 15) is 0 Å². The summed E-state index contributed by atoms with van der Waals surface area (Å²) in [4.78, 5) is 5.80. The van der Waals surface area contributed by atoms with Gasteiger partial charge in [-0.15, -0.1) is 11.3 Å². The molecule has 0 amide bonds. The molecule has 0 aliphatic rings. The van der Waals surface area contributed by atoms with E-state index in [1.54, 1.807) is 18.4 Å². The Kier molecular flexibility index (Phi) is 5.37. The van der Waals surface area contributed by atoms with Crippen molar-refractivity contribution >= 4 is 17.0 Å². The summed E-state index contributed by atoms with van der Waals surface area (Å²) in [6.07, 6.45) is 2.91. The summed E-state index contributed by atoms with van der Waals surface area (Å²) in [6.45, 7) is 8.15. The van der Waals surface area contributed by atoms with Crippen molar-refractivity contribution in [3.8, 4) is 0 Å². The maximum atomic E-state index is 5.17. The van der Waals surface area contributed by atoms with E-state index in [1.807, 2.05) is 6.20 Å². The highest BCUT2D eigenvalue weighted by molar-refractivity contribution is 7.11. The minimum Gasteiger partial charge on any atom is -0.384 e. The van der Waals surface area contributed by atoms with Gasteiger partial charge in [0, 0.05) is 29.3 Å². The Morgan fingerprint density at radius 1 is 1.24 bits per heavy atom. The summed E-state index contributed by atoms with van der Waals surface area (Å²) in [5.41, 5.74) is 2.60. The lowest BCUT2D eigenvalue weighted by molar-refractivity contribution is 0.202. The molecule has 2 aromatic rings. The van der Waals surface area contributed by atoms with Crippen LogP contribution in [-0.2, 0) is 23.1 Å². The van der Waals surface area contributed by atoms with Crippen LogP contribution >= 0.6 is 11.3 Å². The molecule has 0 saturated carbocycles. The zero-order chi connectivity index (χ0) is 15.3. The standard InChI is InChI=1S/C17H24N2OS/c1-17(2,3)16-19-12-14(21-16)11-18-15-8-6-5-7-13(15)9-10-20-4/h5-8,12,18H,9-11H2,1-4H3. The normalized spacial score (nSPS) is 11.6. The molecule has 0 saturated heterocycles. The number of anilines is 1. The molecular weight excluding hydrogens is 280 g/mol. The number of benzene rings is 1. The molecule has 1 aromatic heterocycles. The number of hydrogen-bond donors (Lipinski definition) is 1. The van der Waals surface area contributed by atoms with Gasteiger partial charge in [-0.3, -0.25) is 0 Å². The van der Waals surface area contributed by atoms with Crippen LogP contribution in [0.15, 0.2) is 30.5 Å². The highest BCUT2D eigenvalue weighted by atomic mass is 32.1. The van der Waals surface area contributed by atoms with Gasteiger partial charge in [0.15, 0.2) is 0 Å². The first-order valence-corrected chi connectivity index (χ1v) is 8.08. The van der Waals surface area contributed by atoms with E-state index in [2.05, 4.69) is 55.3 Å². The number of aromatic nitrogens is 1. The molecule has 0 spiro atoms. The number of para-hydroxylation sites is 1. The zero-order valence-electron chi connectivity index (χ0n) is 13.3. The molecule has 0 atom stereocenters. The molecule has 0 fully saturated rings. The van der Waals surface area contributed by atoms with Crippen molar-refractivity contribution in [1.82, 2.24) is 4.98 Å². The number of thiazole rings is 1. The second kappa shape index (κ2) is 7.05. The predicted molar refractivity (Wildman–Crippen MR) is 90.2 cm³/mol. The van der Waals surface area contributed by atoms with E-state index in [0.29, 0.717) is 0 Å². The first kappa shape index (κ1) is 16.0. The van der Waals surface area contributed by atoms with Crippen LogP contribution < -0.4 is 5.32 Å². The molecule has 0 unspecified atom stereocenters. The van der Waals surface area contributed by atoms with Crippen molar-refractivity contribution < 1.29 is 4.74 Å². The third kappa shape index (κ3) is 4.55. The fourth-order valence-electron chi connectivity index (χ4n) is 2.04. The van der Waals surface area contributed by atoms with Crippen LogP contribution in [0.4, 0.5) is 5.69 Å². The monoisotopic (exact) mass is 304 g/mol. The van der Waals surface area contributed by atoms with Gasteiger partial charge in [0.2, 0.25) is 0 Å². The number of nitrogens with zero attached hydrogens (tertiary/aromatic N) is 1. The molecule has 1 heterocycles. The molecular formula is C17H24N2OS. The molecule has 114 valence electrons. The van der Waals surface area contributed by atoms with Crippen molar-refractivity contribution in [3.05, 3.63) is 45.9 Å². The Morgan fingerprint density at radius 3 is 2.67 bits per heavy atom. The molecule has 2 rings (SSSR count). The van der Waals surface area contributed by atoms with Crippen molar-refractivity contribution in [3.63, 3.8) is 0 Å². The smallest absolute Gasteiger partial charge is 0.0981 e. The molecule has 0 aliphatic heterocycles. The fraction of sp³-hybridized carbons (Fsp3) is 0.471. The second-order valence-electron chi connectivity index (χ2n) is 6.14. The lowest BCUT2D eigenvalue weighted by Crippen LogP contribution is -2.09. The lowest BCUT2D eigenvalue weighted by atomic mass is 9.98. The van der Waals surface area contributed by atoms with Crippen molar-refractivity contribution in [1.29, 1.82) is 0 Å². The first-order valence-electron chi connectivity index (χ1n) is 7.26. The summed E-state index contributed by atoms with van der Waals surface area (Å²) >= 11 is 1.78. The molecule has 1 N–H and O–H groups in total. The number of hydrogen-bond acceptors (Lipinski definition) is 4. The minimum absolute atomic E-state index is 0.124. The number of nitrogens with one attached hydrogen (secondary N) is 1. The van der Waals surface area contributed by atoms with Crippen LogP contribution in [0.2, 0.25) is 0 Å². The zero-order valence-corrected chi connectivity index (χ0v) is 14.1. The average molecular weight is 304 g/mol. The maximum absolute atomic E-state index is 5.17. The quantitative estimate of drug-likeness (QED) is 0.866. The molecule has 1 aromatic carbocycles. The van der Waals surface area contributed by atoms with Crippen molar-refractivity contribution in [2.45, 2.75) is 39.2 Å². The minimum atomic E-state index is 0.124. The second-order valence-corrected chi connectivity index (χ2v) is 7.25. The molecule has 0 aliphatic carbocycles. The first-order chi connectivity index (χ1) is 10.0. The Balaban J connectivity index is 2.01. The largest absolute Gasteiger partial charge is 0.384 e. The summed E-state index contributed by atoms with van der Waals surface area (Å²) in [6, 6.07) is 8.40. The third-order valence-corrected chi connectivity index (χ3v) is 4.66. The molecule has 0 radical (unpaired) electrons. The van der Waals surface area contributed by atoms with Crippen LogP contribution in [0.3, 0.4) is 0 Å². The molecule has 21 heavy (non-hydrogen) atoms. The Bertz CT molecular complexity index is 572. The molecule has 4 heteroatoms. The van der Waals surface area contributed by atoms with E-state index in [0.717, 1.165) is 19.6 Å². The van der Waals surface area contributed by atoms with Gasteiger partial charge < -0.3 is 10.1 Å². The van der Waals surface area contributed by atoms with Crippen LogP contribution in [0.25, 0.3) is 0 Å². The van der Waals surface area contributed by atoms with Crippen molar-refractivity contribution in [2.24, 2.45) is 0 Å². The Hall–Kier alpha value is -1.39. The lowest BCUT2D eigenvalue weighted by Gasteiger charge is -2.13.